The molecule has 2 heterocycles. The van der Waals surface area contributed by atoms with Gasteiger partial charge in [-0.1, -0.05) is 13.8 Å². The molecule has 0 fully saturated rings. The molecule has 2 aliphatic heterocycles. The summed E-state index contributed by atoms with van der Waals surface area (Å²) in [6.07, 6.45) is 0.570. The van der Waals surface area contributed by atoms with Gasteiger partial charge in [0.15, 0.2) is 5.78 Å². The van der Waals surface area contributed by atoms with Gasteiger partial charge >= 0.3 is 0 Å². The zero-order valence-corrected chi connectivity index (χ0v) is 14.3. The first-order chi connectivity index (χ1) is 12.2. The van der Waals surface area contributed by atoms with Crippen LogP contribution in [0.3, 0.4) is 0 Å². The summed E-state index contributed by atoms with van der Waals surface area (Å²) in [5, 5.41) is 12.4. The number of nitrogens with two attached hydrogens (primary N) is 1. The average Bonchev–Trinajstić information content (AvgIpc) is 2.79. The minimum atomic E-state index is -1.77. The van der Waals surface area contributed by atoms with E-state index in [2.05, 4.69) is 5.32 Å². The third-order valence-corrected chi connectivity index (χ3v) is 5.15. The summed E-state index contributed by atoms with van der Waals surface area (Å²) in [4.78, 5) is 26.1. The molecule has 26 heavy (non-hydrogen) atoms. The van der Waals surface area contributed by atoms with E-state index in [0.717, 1.165) is 0 Å². The molecule has 3 N–H and O–H groups in total. The van der Waals surface area contributed by atoms with Gasteiger partial charge in [-0.15, -0.1) is 0 Å². The van der Waals surface area contributed by atoms with Crippen LogP contribution in [-0.4, -0.2) is 11.7 Å². The lowest BCUT2D eigenvalue weighted by Crippen LogP contribution is -2.48. The van der Waals surface area contributed by atoms with E-state index in [4.69, 9.17) is 10.5 Å². The first-order valence-electron chi connectivity index (χ1n) is 8.17. The maximum atomic E-state index is 14.0. The maximum Gasteiger partial charge on any atom is 0.245 e. The lowest BCUT2D eigenvalue weighted by atomic mass is 9.62. The van der Waals surface area contributed by atoms with E-state index in [1.807, 2.05) is 19.9 Å². The van der Waals surface area contributed by atoms with Crippen molar-refractivity contribution in [3.05, 3.63) is 52.4 Å². The maximum absolute atomic E-state index is 14.0. The van der Waals surface area contributed by atoms with Gasteiger partial charge in [0.25, 0.3) is 0 Å². The number of carbonyl (C=O) groups excluding carboxylic acids is 2. The van der Waals surface area contributed by atoms with Gasteiger partial charge in [-0.25, -0.2) is 4.39 Å². The lowest BCUT2D eigenvalue weighted by Gasteiger charge is -2.41. The minimum Gasteiger partial charge on any atom is -0.444 e. The molecule has 0 saturated heterocycles. The van der Waals surface area contributed by atoms with E-state index in [1.165, 1.54) is 18.2 Å². The Morgan fingerprint density at radius 2 is 2.04 bits per heavy atom. The van der Waals surface area contributed by atoms with E-state index in [0.29, 0.717) is 12.1 Å². The highest BCUT2D eigenvalue weighted by Crippen LogP contribution is 2.55. The van der Waals surface area contributed by atoms with Crippen molar-refractivity contribution in [3.8, 4) is 6.07 Å². The zero-order valence-electron chi connectivity index (χ0n) is 14.3. The SMILES string of the molecule is CC1(C)CC(=O)C2=C(C1)OC(N)=C(C#N)[C@]21C(=O)Nc2ccc(F)cc21. The molecule has 1 amide bonds. The zero-order chi connectivity index (χ0) is 18.9. The van der Waals surface area contributed by atoms with Crippen molar-refractivity contribution in [3.63, 3.8) is 0 Å². The topological polar surface area (TPSA) is 105 Å². The number of anilines is 1. The van der Waals surface area contributed by atoms with Gasteiger partial charge in [-0.2, -0.15) is 5.26 Å². The molecule has 1 atom stereocenters. The van der Waals surface area contributed by atoms with Crippen molar-refractivity contribution >= 4 is 17.4 Å². The van der Waals surface area contributed by atoms with Crippen LogP contribution in [0.1, 0.15) is 32.3 Å². The van der Waals surface area contributed by atoms with Gasteiger partial charge < -0.3 is 15.8 Å². The minimum absolute atomic E-state index is 0.0874. The number of nitrogens with zero attached hydrogens (tertiary/aromatic N) is 1. The van der Waals surface area contributed by atoms with E-state index < -0.39 is 17.1 Å². The van der Waals surface area contributed by atoms with Gasteiger partial charge in [0.2, 0.25) is 11.8 Å². The molecule has 0 bridgehead atoms. The van der Waals surface area contributed by atoms with Gasteiger partial charge in [0.05, 0.1) is 5.57 Å². The van der Waals surface area contributed by atoms with E-state index in [-0.39, 0.29) is 46.0 Å². The van der Waals surface area contributed by atoms with Crippen LogP contribution in [0, 0.1) is 22.6 Å². The fraction of sp³-hybridized carbons (Fsp3) is 0.316. The Hall–Kier alpha value is -3.14. The van der Waals surface area contributed by atoms with Crippen LogP contribution < -0.4 is 11.1 Å². The number of halogens is 1. The summed E-state index contributed by atoms with van der Waals surface area (Å²) in [6.45, 7) is 3.82. The smallest absolute Gasteiger partial charge is 0.245 e. The standard InChI is InChI=1S/C19H16FN3O3/c1-18(2)6-13(24)15-14(7-18)26-16(22)11(8-21)19(15)10-5-9(20)3-4-12(10)23-17(19)25/h3-5H,6-7,22H2,1-2H3,(H,23,25)/t19-/m0/s1. The number of carbonyl (C=O) groups is 2. The lowest BCUT2D eigenvalue weighted by molar-refractivity contribution is -0.124. The van der Waals surface area contributed by atoms with Crippen LogP contribution in [0.2, 0.25) is 0 Å². The molecular formula is C19H16FN3O3. The van der Waals surface area contributed by atoms with Crippen LogP contribution >= 0.6 is 0 Å². The number of allylic oxidation sites excluding steroid dienone is 1. The highest BCUT2D eigenvalue weighted by Gasteiger charge is 2.61. The highest BCUT2D eigenvalue weighted by atomic mass is 19.1. The molecule has 0 radical (unpaired) electrons. The first-order valence-corrected chi connectivity index (χ1v) is 8.17. The average molecular weight is 353 g/mol. The predicted octanol–water partition coefficient (Wildman–Crippen LogP) is 2.38. The Labute approximate surface area is 149 Å². The monoisotopic (exact) mass is 353 g/mol. The number of amides is 1. The third kappa shape index (κ3) is 1.90. The van der Waals surface area contributed by atoms with Crippen molar-refractivity contribution in [1.82, 2.24) is 0 Å². The Balaban J connectivity index is 2.10. The fourth-order valence-corrected chi connectivity index (χ4v) is 4.17. The largest absolute Gasteiger partial charge is 0.444 e. The van der Waals surface area contributed by atoms with E-state index >= 15 is 0 Å². The van der Waals surface area contributed by atoms with Gasteiger partial charge in [0, 0.05) is 24.1 Å². The summed E-state index contributed by atoms with van der Waals surface area (Å²) in [5.74, 6) is -1.43. The molecule has 0 saturated carbocycles. The molecule has 3 aliphatic rings. The summed E-state index contributed by atoms with van der Waals surface area (Å²) < 4.78 is 19.6. The normalized spacial score (nSPS) is 26.2. The van der Waals surface area contributed by atoms with Crippen molar-refractivity contribution < 1.29 is 18.7 Å². The molecule has 132 valence electrons. The molecule has 6 nitrogen and oxygen atoms in total. The Morgan fingerprint density at radius 1 is 1.31 bits per heavy atom. The van der Waals surface area contributed by atoms with Crippen molar-refractivity contribution in [2.75, 3.05) is 5.32 Å². The number of Topliss-reactive ketones (excluding diaryl/α,β-unsaturated/α-hetero) is 1. The van der Waals surface area contributed by atoms with Crippen LogP contribution in [0.4, 0.5) is 10.1 Å². The second-order valence-electron chi connectivity index (χ2n) is 7.59. The molecule has 0 aromatic heterocycles. The van der Waals surface area contributed by atoms with Gasteiger partial charge in [-0.3, -0.25) is 9.59 Å². The summed E-state index contributed by atoms with van der Waals surface area (Å²) in [7, 11) is 0. The van der Waals surface area contributed by atoms with Crippen LogP contribution in [0.15, 0.2) is 41.0 Å². The number of ether oxygens (including phenoxy) is 1. The Morgan fingerprint density at radius 3 is 2.73 bits per heavy atom. The Kier molecular flexibility index (Phi) is 3.11. The van der Waals surface area contributed by atoms with E-state index in [1.54, 1.807) is 0 Å². The molecule has 4 rings (SSSR count). The molecule has 1 spiro atoms. The number of hydrogen-bond donors (Lipinski definition) is 2. The number of ketones is 1. The number of benzene rings is 1. The number of rotatable bonds is 0. The quantitative estimate of drug-likeness (QED) is 0.745. The third-order valence-electron chi connectivity index (χ3n) is 5.15. The van der Waals surface area contributed by atoms with Crippen LogP contribution in [0.25, 0.3) is 0 Å². The van der Waals surface area contributed by atoms with Crippen LogP contribution in [0.5, 0.6) is 0 Å². The molecular weight excluding hydrogens is 337 g/mol. The predicted molar refractivity (Wildman–Crippen MR) is 89.7 cm³/mol. The molecule has 1 aliphatic carbocycles. The number of nitriles is 1. The molecule has 7 heteroatoms. The summed E-state index contributed by atoms with van der Waals surface area (Å²) >= 11 is 0. The Bertz CT molecular complexity index is 1000. The number of nitrogens with one attached hydrogen (secondary N) is 1. The fourth-order valence-electron chi connectivity index (χ4n) is 4.17. The van der Waals surface area contributed by atoms with Gasteiger partial charge in [0.1, 0.15) is 28.6 Å². The van der Waals surface area contributed by atoms with Crippen molar-refractivity contribution in [2.45, 2.75) is 32.1 Å². The van der Waals surface area contributed by atoms with Crippen LogP contribution in [-0.2, 0) is 19.7 Å². The van der Waals surface area contributed by atoms with Crippen molar-refractivity contribution in [2.24, 2.45) is 11.1 Å². The van der Waals surface area contributed by atoms with E-state index in [9.17, 15) is 19.2 Å². The first kappa shape index (κ1) is 16.3. The highest BCUT2D eigenvalue weighted by molar-refractivity contribution is 6.19. The van der Waals surface area contributed by atoms with Crippen molar-refractivity contribution in [1.29, 1.82) is 5.26 Å². The molecule has 1 aromatic rings. The summed E-state index contributed by atoms with van der Waals surface area (Å²) in [6, 6.07) is 5.70. The number of hydrogen-bond acceptors (Lipinski definition) is 5. The molecule has 1 aromatic carbocycles. The number of fused-ring (bicyclic) bond motifs is 3. The second-order valence-corrected chi connectivity index (χ2v) is 7.59. The van der Waals surface area contributed by atoms with Gasteiger partial charge in [-0.05, 0) is 23.6 Å². The second kappa shape index (κ2) is 4.94. The molecule has 0 unspecified atom stereocenters. The summed E-state index contributed by atoms with van der Waals surface area (Å²) in [5.41, 5.74) is 4.28.